The summed E-state index contributed by atoms with van der Waals surface area (Å²) in [5.74, 6) is 0. The summed E-state index contributed by atoms with van der Waals surface area (Å²) in [6, 6.07) is 6.72. The normalized spacial score (nSPS) is 20.7. The SMILES string of the molecule is O=[N+]([O-])c1ccc(C=C2CCC=C2N2CCOCC2)cc1. The molecule has 5 heteroatoms. The minimum absolute atomic E-state index is 0.132. The fourth-order valence-corrected chi connectivity index (χ4v) is 2.80. The molecule has 1 aromatic rings. The van der Waals surface area contributed by atoms with Crippen LogP contribution in [0.1, 0.15) is 18.4 Å². The molecule has 0 radical (unpaired) electrons. The van der Waals surface area contributed by atoms with E-state index in [1.54, 1.807) is 24.3 Å². The van der Waals surface area contributed by atoms with Crippen LogP contribution in [0.5, 0.6) is 0 Å². The molecule has 0 N–H and O–H groups in total. The average Bonchev–Trinajstić information content (AvgIpc) is 2.97. The number of rotatable bonds is 3. The highest BCUT2D eigenvalue weighted by atomic mass is 16.6. The standard InChI is InChI=1S/C16H18N2O3/c19-18(20)15-6-4-13(5-7-15)12-14-2-1-3-16(14)17-8-10-21-11-9-17/h3-7,12H,1-2,8-11H2. The lowest BCUT2D eigenvalue weighted by Gasteiger charge is -2.30. The van der Waals surface area contributed by atoms with Crippen LogP contribution in [0.15, 0.2) is 41.6 Å². The van der Waals surface area contributed by atoms with E-state index in [1.165, 1.54) is 11.3 Å². The topological polar surface area (TPSA) is 55.6 Å². The molecule has 21 heavy (non-hydrogen) atoms. The van der Waals surface area contributed by atoms with Gasteiger partial charge in [-0.15, -0.1) is 0 Å². The smallest absolute Gasteiger partial charge is 0.269 e. The van der Waals surface area contributed by atoms with Gasteiger partial charge in [0.1, 0.15) is 0 Å². The predicted octanol–water partition coefficient (Wildman–Crippen LogP) is 2.99. The molecule has 0 spiro atoms. The maximum atomic E-state index is 10.7. The van der Waals surface area contributed by atoms with E-state index in [4.69, 9.17) is 4.74 Å². The number of nitro benzene ring substituents is 1. The Morgan fingerprint density at radius 1 is 1.19 bits per heavy atom. The molecule has 0 bridgehead atoms. The fraction of sp³-hybridized carbons (Fsp3) is 0.375. The molecular formula is C16H18N2O3. The number of hydrogen-bond acceptors (Lipinski definition) is 4. The van der Waals surface area contributed by atoms with Gasteiger partial charge < -0.3 is 9.64 Å². The van der Waals surface area contributed by atoms with Crippen LogP contribution in [-0.4, -0.2) is 36.1 Å². The van der Waals surface area contributed by atoms with Crippen LogP contribution in [0.4, 0.5) is 5.69 Å². The van der Waals surface area contributed by atoms with Crippen LogP contribution in [-0.2, 0) is 4.74 Å². The third kappa shape index (κ3) is 3.13. The van der Waals surface area contributed by atoms with Crippen LogP contribution in [0.2, 0.25) is 0 Å². The number of nitro groups is 1. The van der Waals surface area contributed by atoms with Crippen molar-refractivity contribution in [3.05, 3.63) is 57.3 Å². The first-order valence-electron chi connectivity index (χ1n) is 7.22. The van der Waals surface area contributed by atoms with E-state index in [2.05, 4.69) is 17.1 Å². The first-order chi connectivity index (χ1) is 10.2. The molecule has 1 aliphatic carbocycles. The second-order valence-electron chi connectivity index (χ2n) is 5.25. The number of non-ortho nitro benzene ring substituents is 1. The first-order valence-corrected chi connectivity index (χ1v) is 7.22. The van der Waals surface area contributed by atoms with Crippen LogP contribution in [0.25, 0.3) is 6.08 Å². The second-order valence-corrected chi connectivity index (χ2v) is 5.25. The maximum absolute atomic E-state index is 10.7. The number of morpholine rings is 1. The molecule has 0 saturated carbocycles. The first kappa shape index (κ1) is 13.8. The molecule has 1 saturated heterocycles. The maximum Gasteiger partial charge on any atom is 0.269 e. The molecule has 1 aromatic carbocycles. The third-order valence-electron chi connectivity index (χ3n) is 3.88. The van der Waals surface area contributed by atoms with Crippen molar-refractivity contribution in [3.8, 4) is 0 Å². The van der Waals surface area contributed by atoms with E-state index < -0.39 is 0 Å². The Kier molecular flexibility index (Phi) is 4.01. The number of hydrogen-bond donors (Lipinski definition) is 0. The summed E-state index contributed by atoms with van der Waals surface area (Å²) in [7, 11) is 0. The lowest BCUT2D eigenvalue weighted by atomic mass is 10.1. The molecule has 1 aliphatic heterocycles. The lowest BCUT2D eigenvalue weighted by molar-refractivity contribution is -0.384. The van der Waals surface area contributed by atoms with E-state index in [9.17, 15) is 10.1 Å². The van der Waals surface area contributed by atoms with Crippen molar-refractivity contribution in [2.75, 3.05) is 26.3 Å². The zero-order valence-corrected chi connectivity index (χ0v) is 11.8. The van der Waals surface area contributed by atoms with E-state index in [1.807, 2.05) is 0 Å². The molecule has 0 unspecified atom stereocenters. The van der Waals surface area contributed by atoms with Crippen molar-refractivity contribution in [2.24, 2.45) is 0 Å². The molecule has 5 nitrogen and oxygen atoms in total. The van der Waals surface area contributed by atoms with Gasteiger partial charge in [-0.05, 0) is 42.2 Å². The van der Waals surface area contributed by atoms with Crippen molar-refractivity contribution in [3.63, 3.8) is 0 Å². The van der Waals surface area contributed by atoms with Gasteiger partial charge in [0.25, 0.3) is 5.69 Å². The predicted molar refractivity (Wildman–Crippen MR) is 80.8 cm³/mol. The minimum Gasteiger partial charge on any atom is -0.378 e. The van der Waals surface area contributed by atoms with Gasteiger partial charge in [-0.2, -0.15) is 0 Å². The molecule has 2 aliphatic rings. The molecule has 0 aromatic heterocycles. The van der Waals surface area contributed by atoms with Gasteiger partial charge in [-0.1, -0.05) is 6.08 Å². The largest absolute Gasteiger partial charge is 0.378 e. The molecular weight excluding hydrogens is 268 g/mol. The highest BCUT2D eigenvalue weighted by molar-refractivity contribution is 5.60. The monoisotopic (exact) mass is 286 g/mol. The van der Waals surface area contributed by atoms with Crippen LogP contribution in [0.3, 0.4) is 0 Å². The molecule has 110 valence electrons. The van der Waals surface area contributed by atoms with Crippen molar-refractivity contribution in [1.82, 2.24) is 4.90 Å². The van der Waals surface area contributed by atoms with Gasteiger partial charge in [0.2, 0.25) is 0 Å². The van der Waals surface area contributed by atoms with Crippen molar-refractivity contribution >= 4 is 11.8 Å². The lowest BCUT2D eigenvalue weighted by Crippen LogP contribution is -2.35. The van der Waals surface area contributed by atoms with Gasteiger partial charge in [0, 0.05) is 30.9 Å². The van der Waals surface area contributed by atoms with E-state index in [0.717, 1.165) is 44.7 Å². The van der Waals surface area contributed by atoms with Crippen LogP contribution < -0.4 is 0 Å². The summed E-state index contributed by atoms with van der Waals surface area (Å²) >= 11 is 0. The summed E-state index contributed by atoms with van der Waals surface area (Å²) in [6.07, 6.45) is 6.51. The van der Waals surface area contributed by atoms with Crippen LogP contribution in [0, 0.1) is 10.1 Å². The van der Waals surface area contributed by atoms with Crippen molar-refractivity contribution in [1.29, 1.82) is 0 Å². The highest BCUT2D eigenvalue weighted by Crippen LogP contribution is 2.30. The Balaban J connectivity index is 1.78. The van der Waals surface area contributed by atoms with Gasteiger partial charge in [-0.3, -0.25) is 10.1 Å². The zero-order valence-electron chi connectivity index (χ0n) is 11.8. The Bertz CT molecular complexity index is 584. The van der Waals surface area contributed by atoms with E-state index in [0.29, 0.717) is 0 Å². The summed E-state index contributed by atoms with van der Waals surface area (Å²) in [4.78, 5) is 12.7. The Hall–Kier alpha value is -2.14. The summed E-state index contributed by atoms with van der Waals surface area (Å²) in [6.45, 7) is 3.43. The van der Waals surface area contributed by atoms with Gasteiger partial charge >= 0.3 is 0 Å². The highest BCUT2D eigenvalue weighted by Gasteiger charge is 2.20. The van der Waals surface area contributed by atoms with Crippen molar-refractivity contribution in [2.45, 2.75) is 12.8 Å². The molecule has 0 amide bonds. The average molecular weight is 286 g/mol. The van der Waals surface area contributed by atoms with Gasteiger partial charge in [0.15, 0.2) is 0 Å². The van der Waals surface area contributed by atoms with Gasteiger partial charge in [-0.25, -0.2) is 0 Å². The molecule has 1 heterocycles. The minimum atomic E-state index is -0.369. The van der Waals surface area contributed by atoms with Crippen molar-refractivity contribution < 1.29 is 9.66 Å². The Morgan fingerprint density at radius 2 is 1.90 bits per heavy atom. The summed E-state index contributed by atoms with van der Waals surface area (Å²) in [5, 5.41) is 10.7. The third-order valence-corrected chi connectivity index (χ3v) is 3.88. The summed E-state index contributed by atoms with van der Waals surface area (Å²) < 4.78 is 5.40. The van der Waals surface area contributed by atoms with Crippen LogP contribution >= 0.6 is 0 Å². The van der Waals surface area contributed by atoms with E-state index >= 15 is 0 Å². The molecule has 1 fully saturated rings. The number of nitrogens with zero attached hydrogens (tertiary/aromatic N) is 2. The van der Waals surface area contributed by atoms with Gasteiger partial charge in [0.05, 0.1) is 18.1 Å². The summed E-state index contributed by atoms with van der Waals surface area (Å²) in [5.41, 5.74) is 3.76. The number of ether oxygens (including phenoxy) is 1. The molecule has 0 atom stereocenters. The number of allylic oxidation sites excluding steroid dienone is 2. The molecule has 3 rings (SSSR count). The zero-order chi connectivity index (χ0) is 14.7. The number of benzene rings is 1. The Labute approximate surface area is 123 Å². The van der Waals surface area contributed by atoms with E-state index in [-0.39, 0.29) is 10.6 Å². The Morgan fingerprint density at radius 3 is 2.57 bits per heavy atom. The fourth-order valence-electron chi connectivity index (χ4n) is 2.80. The quantitative estimate of drug-likeness (QED) is 0.633. The second kappa shape index (κ2) is 6.10.